The van der Waals surface area contributed by atoms with Gasteiger partial charge in [-0.2, -0.15) is 14.7 Å². The van der Waals surface area contributed by atoms with E-state index in [1.165, 1.54) is 23.9 Å². The topological polar surface area (TPSA) is 125 Å². The van der Waals surface area contributed by atoms with Crippen molar-refractivity contribution in [2.24, 2.45) is 0 Å². The number of H-pyrrole nitrogens is 1. The van der Waals surface area contributed by atoms with Crippen molar-refractivity contribution in [3.8, 4) is 0 Å². The maximum Gasteiger partial charge on any atom is 0.433 e. The molecule has 112 valence electrons. The van der Waals surface area contributed by atoms with E-state index in [1.807, 2.05) is 0 Å². The molecule has 0 fully saturated rings. The lowest BCUT2D eigenvalue weighted by molar-refractivity contribution is 0.129. The predicted molar refractivity (Wildman–Crippen MR) is 74.2 cm³/mol. The van der Waals surface area contributed by atoms with Gasteiger partial charge in [-0.3, -0.25) is 9.78 Å². The maximum absolute atomic E-state index is 11.5. The van der Waals surface area contributed by atoms with Crippen LogP contribution in [0, 0.1) is 6.92 Å². The quantitative estimate of drug-likeness (QED) is 0.525. The van der Waals surface area contributed by atoms with Crippen LogP contribution in [-0.4, -0.2) is 37.4 Å². The Balaban J connectivity index is 2.75. The maximum atomic E-state index is 11.5. The van der Waals surface area contributed by atoms with E-state index in [4.69, 9.17) is 19.4 Å². The first-order chi connectivity index (χ1) is 9.23. The summed E-state index contributed by atoms with van der Waals surface area (Å²) in [6.45, 7) is 1.86. The van der Waals surface area contributed by atoms with Crippen LogP contribution in [0.3, 0.4) is 0 Å². The van der Waals surface area contributed by atoms with Gasteiger partial charge in [0, 0.05) is 25.4 Å². The van der Waals surface area contributed by atoms with Crippen LogP contribution in [0.4, 0.5) is 0 Å². The lowest BCUT2D eigenvalue weighted by atomic mass is 10.2. The number of ether oxygens (including phenoxy) is 1. The fourth-order valence-corrected chi connectivity index (χ4v) is 1.98. The van der Waals surface area contributed by atoms with Crippen LogP contribution in [0.5, 0.6) is 0 Å². The third-order valence-corrected chi connectivity index (χ3v) is 3.22. The summed E-state index contributed by atoms with van der Waals surface area (Å²) in [5.41, 5.74) is -0.530. The van der Waals surface area contributed by atoms with Gasteiger partial charge in [-0.05, 0) is 19.4 Å². The minimum atomic E-state index is -3.98. The highest BCUT2D eigenvalue weighted by molar-refractivity contribution is 7.61. The van der Waals surface area contributed by atoms with Crippen molar-refractivity contribution in [2.45, 2.75) is 26.0 Å². The summed E-state index contributed by atoms with van der Waals surface area (Å²) < 4.78 is 6.40. The van der Waals surface area contributed by atoms with Crippen LogP contribution in [0.1, 0.15) is 12.0 Å². The van der Waals surface area contributed by atoms with Crippen molar-refractivity contribution < 1.29 is 19.4 Å². The Morgan fingerprint density at radius 3 is 2.65 bits per heavy atom. The number of methoxy groups -OCH3 is 1. The lowest BCUT2D eigenvalue weighted by Crippen LogP contribution is -2.31. The first-order valence-corrected chi connectivity index (χ1v) is 7.54. The van der Waals surface area contributed by atoms with Crippen LogP contribution < -0.4 is 11.2 Å². The highest BCUT2D eigenvalue weighted by Crippen LogP contribution is 2.46. The van der Waals surface area contributed by atoms with Crippen molar-refractivity contribution in [3.05, 3.63) is 44.5 Å². The van der Waals surface area contributed by atoms with Crippen LogP contribution in [0.25, 0.3) is 0 Å². The third-order valence-electron chi connectivity index (χ3n) is 2.65. The molecule has 0 radical (unpaired) electrons. The molecular formula is C11H18N2O6P+. The molecule has 1 aromatic heterocycles. The van der Waals surface area contributed by atoms with E-state index in [1.54, 1.807) is 6.92 Å². The van der Waals surface area contributed by atoms with Crippen molar-refractivity contribution in [1.82, 2.24) is 9.55 Å². The smallest absolute Gasteiger partial charge is 0.377 e. The van der Waals surface area contributed by atoms with Crippen molar-refractivity contribution in [1.29, 1.82) is 0 Å². The number of hydrogen-bond donors (Lipinski definition) is 4. The third kappa shape index (κ3) is 5.36. The molecule has 1 atom stereocenters. The van der Waals surface area contributed by atoms with E-state index in [0.717, 1.165) is 5.82 Å². The number of aromatic nitrogens is 2. The van der Waals surface area contributed by atoms with Crippen molar-refractivity contribution in [3.63, 3.8) is 0 Å². The molecular weight excluding hydrogens is 287 g/mol. The lowest BCUT2D eigenvalue weighted by Gasteiger charge is -2.12. The first-order valence-electron chi connectivity index (χ1n) is 5.82. The van der Waals surface area contributed by atoms with E-state index < -0.39 is 25.3 Å². The molecule has 0 aliphatic rings. The molecule has 0 saturated carbocycles. The number of aryl methyl sites for hydroxylation is 2. The van der Waals surface area contributed by atoms with Gasteiger partial charge in [-0.25, -0.2) is 4.79 Å². The zero-order valence-electron chi connectivity index (χ0n) is 11.2. The van der Waals surface area contributed by atoms with Gasteiger partial charge in [-0.15, -0.1) is 0 Å². The summed E-state index contributed by atoms with van der Waals surface area (Å²) in [5, 5.41) is 0. The summed E-state index contributed by atoms with van der Waals surface area (Å²) in [7, 11) is -2.56. The molecule has 8 nitrogen and oxygen atoms in total. The second kappa shape index (κ2) is 6.92. The molecule has 0 aliphatic carbocycles. The summed E-state index contributed by atoms with van der Waals surface area (Å²) in [4.78, 5) is 51.5. The number of rotatable bonds is 6. The van der Waals surface area contributed by atoms with Gasteiger partial charge in [0.05, 0.1) is 6.10 Å². The Bertz CT molecular complexity index is 586. The summed E-state index contributed by atoms with van der Waals surface area (Å²) in [6, 6.07) is 0. The van der Waals surface area contributed by atoms with Gasteiger partial charge in [-0.1, -0.05) is 0 Å². The minimum Gasteiger partial charge on any atom is -0.377 e. The fraction of sp³-hybridized carbons (Fsp3) is 0.455. The number of nitrogens with zero attached hydrogens (tertiary/aromatic N) is 1. The highest BCUT2D eigenvalue weighted by Gasteiger charge is 2.25. The Morgan fingerprint density at radius 2 is 2.10 bits per heavy atom. The number of hydrogen-bond acceptors (Lipinski definition) is 6. The van der Waals surface area contributed by atoms with E-state index in [9.17, 15) is 9.59 Å². The average molecular weight is 305 g/mol. The van der Waals surface area contributed by atoms with Gasteiger partial charge in [0.1, 0.15) is 5.82 Å². The Labute approximate surface area is 115 Å². The second-order valence-electron chi connectivity index (χ2n) is 4.28. The zero-order valence-corrected chi connectivity index (χ0v) is 12.1. The van der Waals surface area contributed by atoms with Crippen LogP contribution in [-0.2, 0) is 11.3 Å². The van der Waals surface area contributed by atoms with Gasteiger partial charge >= 0.3 is 13.6 Å². The van der Waals surface area contributed by atoms with E-state index in [-0.39, 0.29) is 6.54 Å². The molecule has 1 heterocycles. The Hall–Kier alpha value is -1.31. The summed E-state index contributed by atoms with van der Waals surface area (Å²) in [6.07, 6.45) is 2.62. The molecule has 9 heteroatoms. The molecule has 4 N–H and O–H groups in total. The van der Waals surface area contributed by atoms with Crippen molar-refractivity contribution >= 4 is 7.94 Å². The normalized spacial score (nSPS) is 13.8. The molecule has 0 saturated heterocycles. The average Bonchev–Trinajstić information content (AvgIpc) is 2.34. The Morgan fingerprint density at radius 1 is 1.45 bits per heavy atom. The minimum absolute atomic E-state index is 0.271. The van der Waals surface area contributed by atoms with E-state index in [0.29, 0.717) is 12.0 Å². The van der Waals surface area contributed by atoms with Gasteiger partial charge in [0.15, 0.2) is 0 Å². The molecule has 0 bridgehead atoms. The predicted octanol–water partition coefficient (Wildman–Crippen LogP) is -0.497. The summed E-state index contributed by atoms with van der Waals surface area (Å²) in [5.74, 6) is 0.877. The molecule has 0 aromatic carbocycles. The molecule has 0 aliphatic heterocycles. The van der Waals surface area contributed by atoms with Gasteiger partial charge < -0.3 is 9.30 Å². The second-order valence-corrected chi connectivity index (χ2v) is 5.81. The molecule has 20 heavy (non-hydrogen) atoms. The standard InChI is InChI=1S/C11H17N2O6P/c1-8-7-13(11(15)12-10(8)14)5-3-9(19-2)4-6-20(16,17)18/h4,6-7,9,16-18H,3,5H2,1-2H3/p+1/b6-4+. The van der Waals surface area contributed by atoms with E-state index >= 15 is 0 Å². The monoisotopic (exact) mass is 305 g/mol. The first kappa shape index (κ1) is 16.7. The highest BCUT2D eigenvalue weighted by atomic mass is 31.2. The van der Waals surface area contributed by atoms with Crippen LogP contribution in [0.2, 0.25) is 0 Å². The fourth-order valence-electron chi connectivity index (χ4n) is 1.56. The van der Waals surface area contributed by atoms with E-state index in [2.05, 4.69) is 4.98 Å². The van der Waals surface area contributed by atoms with Gasteiger partial charge in [0.25, 0.3) is 5.56 Å². The zero-order chi connectivity index (χ0) is 15.3. The SMILES string of the molecule is COC(/C=C/[P+](O)(O)O)CCn1cc(C)c(=O)[nH]c1=O. The summed E-state index contributed by atoms with van der Waals surface area (Å²) >= 11 is 0. The van der Waals surface area contributed by atoms with Crippen LogP contribution in [0.15, 0.2) is 27.7 Å². The largest absolute Gasteiger partial charge is 0.433 e. The molecule has 1 rings (SSSR count). The number of nitrogens with one attached hydrogen (secondary N) is 1. The molecule has 0 amide bonds. The number of aromatic amines is 1. The molecule has 1 unspecified atom stereocenters. The Kier molecular flexibility index (Phi) is 5.79. The van der Waals surface area contributed by atoms with Gasteiger partial charge in [0.2, 0.25) is 0 Å². The van der Waals surface area contributed by atoms with Crippen LogP contribution >= 0.6 is 7.94 Å². The molecule has 1 aromatic rings. The molecule has 0 spiro atoms. The van der Waals surface area contributed by atoms with Crippen molar-refractivity contribution in [2.75, 3.05) is 7.11 Å².